The van der Waals surface area contributed by atoms with Crippen LogP contribution < -0.4 is 5.32 Å². The van der Waals surface area contributed by atoms with Gasteiger partial charge >= 0.3 is 0 Å². The minimum absolute atomic E-state index is 0.125. The molecule has 1 aromatic carbocycles. The summed E-state index contributed by atoms with van der Waals surface area (Å²) in [6.07, 6.45) is 3.04. The van der Waals surface area contributed by atoms with Gasteiger partial charge in [0.25, 0.3) is 5.69 Å². The van der Waals surface area contributed by atoms with Gasteiger partial charge in [-0.05, 0) is 31.4 Å². The van der Waals surface area contributed by atoms with Crippen molar-refractivity contribution < 1.29 is 4.92 Å². The Morgan fingerprint density at radius 2 is 2.17 bits per heavy atom. The van der Waals surface area contributed by atoms with Crippen molar-refractivity contribution in [2.24, 2.45) is 0 Å². The van der Waals surface area contributed by atoms with Gasteiger partial charge < -0.3 is 5.32 Å². The number of nitrogens with zero attached hydrogens (tertiary/aromatic N) is 1. The third-order valence-corrected chi connectivity index (χ3v) is 3.63. The van der Waals surface area contributed by atoms with E-state index in [1.54, 1.807) is 12.1 Å². The predicted molar refractivity (Wildman–Crippen MR) is 76.9 cm³/mol. The molecule has 1 aromatic rings. The number of halogens is 1. The van der Waals surface area contributed by atoms with E-state index in [1.807, 2.05) is 6.07 Å². The zero-order valence-corrected chi connectivity index (χ0v) is 12.4. The minimum Gasteiger partial charge on any atom is -0.314 e. The minimum atomic E-state index is -0.374. The van der Waals surface area contributed by atoms with Crippen molar-refractivity contribution in [3.8, 4) is 0 Å². The lowest BCUT2D eigenvalue weighted by molar-refractivity contribution is -0.384. The van der Waals surface area contributed by atoms with Gasteiger partial charge in [-0.2, -0.15) is 0 Å². The normalized spacial score (nSPS) is 12.4. The first-order valence-electron chi connectivity index (χ1n) is 6.24. The molecule has 0 fully saturated rings. The van der Waals surface area contributed by atoms with Crippen molar-refractivity contribution in [3.05, 3.63) is 38.3 Å². The van der Waals surface area contributed by atoms with Crippen LogP contribution in [0.4, 0.5) is 5.69 Å². The first kappa shape index (κ1) is 15.1. The molecule has 0 radical (unpaired) electrons. The Balaban J connectivity index is 2.74. The molecule has 0 aromatic heterocycles. The quantitative estimate of drug-likeness (QED) is 0.617. The molecule has 1 N–H and O–H groups in total. The van der Waals surface area contributed by atoms with E-state index < -0.39 is 0 Å². The number of nitrogens with one attached hydrogen (secondary N) is 1. The Morgan fingerprint density at radius 1 is 1.44 bits per heavy atom. The van der Waals surface area contributed by atoms with Crippen LogP contribution in [0.1, 0.15) is 32.3 Å². The molecule has 0 saturated heterocycles. The summed E-state index contributed by atoms with van der Waals surface area (Å²) in [6, 6.07) is 5.38. The van der Waals surface area contributed by atoms with Gasteiger partial charge in [0, 0.05) is 22.6 Å². The van der Waals surface area contributed by atoms with Crippen molar-refractivity contribution in [1.82, 2.24) is 5.32 Å². The van der Waals surface area contributed by atoms with E-state index in [9.17, 15) is 10.1 Å². The molecular weight excluding hydrogens is 296 g/mol. The fraction of sp³-hybridized carbons (Fsp3) is 0.538. The van der Waals surface area contributed by atoms with E-state index in [2.05, 4.69) is 35.1 Å². The number of nitro groups is 1. The lowest BCUT2D eigenvalue weighted by Gasteiger charge is -2.17. The highest BCUT2D eigenvalue weighted by Gasteiger charge is 2.12. The Kier molecular flexibility index (Phi) is 6.29. The van der Waals surface area contributed by atoms with Gasteiger partial charge in [0.15, 0.2) is 0 Å². The molecule has 0 amide bonds. The lowest BCUT2D eigenvalue weighted by Crippen LogP contribution is -2.31. The van der Waals surface area contributed by atoms with Crippen molar-refractivity contribution in [2.75, 3.05) is 6.54 Å². The maximum absolute atomic E-state index is 10.7. The number of rotatable bonds is 7. The smallest absolute Gasteiger partial charge is 0.270 e. The number of nitro benzene ring substituents is 1. The Hall–Kier alpha value is -0.940. The second-order valence-corrected chi connectivity index (χ2v) is 5.15. The van der Waals surface area contributed by atoms with Crippen LogP contribution in [0.2, 0.25) is 0 Å². The van der Waals surface area contributed by atoms with Crippen molar-refractivity contribution in [3.63, 3.8) is 0 Å². The molecule has 100 valence electrons. The van der Waals surface area contributed by atoms with Crippen molar-refractivity contribution in [2.45, 2.75) is 39.2 Å². The zero-order chi connectivity index (χ0) is 13.5. The molecule has 4 nitrogen and oxygen atoms in total. The van der Waals surface area contributed by atoms with Crippen LogP contribution >= 0.6 is 15.9 Å². The number of hydrogen-bond donors (Lipinski definition) is 1. The van der Waals surface area contributed by atoms with Gasteiger partial charge in [-0.3, -0.25) is 10.1 Å². The predicted octanol–water partition coefficient (Wildman–Crippen LogP) is 3.68. The molecule has 0 saturated carbocycles. The molecule has 1 atom stereocenters. The second-order valence-electron chi connectivity index (χ2n) is 4.30. The summed E-state index contributed by atoms with van der Waals surface area (Å²) in [5, 5.41) is 14.1. The first-order chi connectivity index (χ1) is 8.58. The van der Waals surface area contributed by atoms with Gasteiger partial charge in [0.2, 0.25) is 0 Å². The molecule has 0 spiro atoms. The van der Waals surface area contributed by atoms with Gasteiger partial charge in [-0.25, -0.2) is 0 Å². The highest BCUT2D eigenvalue weighted by Crippen LogP contribution is 2.24. The van der Waals surface area contributed by atoms with E-state index in [-0.39, 0.29) is 10.6 Å². The van der Waals surface area contributed by atoms with Crippen LogP contribution in [0, 0.1) is 10.1 Å². The third kappa shape index (κ3) is 4.38. The average Bonchev–Trinajstić information content (AvgIpc) is 2.35. The molecule has 5 heteroatoms. The van der Waals surface area contributed by atoms with Crippen LogP contribution in [-0.2, 0) is 6.42 Å². The molecular formula is C13H19BrN2O2. The lowest BCUT2D eigenvalue weighted by atomic mass is 10.0. The van der Waals surface area contributed by atoms with Crippen LogP contribution in [0.3, 0.4) is 0 Å². The van der Waals surface area contributed by atoms with Crippen LogP contribution in [0.5, 0.6) is 0 Å². The second kappa shape index (κ2) is 7.48. The summed E-state index contributed by atoms with van der Waals surface area (Å²) in [7, 11) is 0. The topological polar surface area (TPSA) is 55.2 Å². The standard InChI is InChI=1S/C13H19BrN2O2/c1-3-7-15-11(4-2)8-10-5-6-12(16(17)18)9-13(10)14/h5-6,9,11,15H,3-4,7-8H2,1-2H3. The molecule has 18 heavy (non-hydrogen) atoms. The van der Waals surface area contributed by atoms with Gasteiger partial charge in [0.1, 0.15) is 0 Å². The van der Waals surface area contributed by atoms with Gasteiger partial charge in [-0.15, -0.1) is 0 Å². The van der Waals surface area contributed by atoms with Crippen molar-refractivity contribution in [1.29, 1.82) is 0 Å². The summed E-state index contributed by atoms with van der Waals surface area (Å²) in [5.74, 6) is 0. The number of non-ortho nitro benzene ring substituents is 1. The molecule has 0 aliphatic heterocycles. The molecule has 1 unspecified atom stereocenters. The first-order valence-corrected chi connectivity index (χ1v) is 7.04. The monoisotopic (exact) mass is 314 g/mol. The van der Waals surface area contributed by atoms with Crippen LogP contribution in [-0.4, -0.2) is 17.5 Å². The van der Waals surface area contributed by atoms with E-state index in [4.69, 9.17) is 0 Å². The van der Waals surface area contributed by atoms with Crippen LogP contribution in [0.15, 0.2) is 22.7 Å². The van der Waals surface area contributed by atoms with Gasteiger partial charge in [0.05, 0.1) is 4.92 Å². The molecule has 1 rings (SSSR count). The zero-order valence-electron chi connectivity index (χ0n) is 10.8. The SMILES string of the molecule is CCCNC(CC)Cc1ccc([N+](=O)[O-])cc1Br. The maximum atomic E-state index is 10.7. The molecule has 0 aliphatic carbocycles. The molecule has 0 bridgehead atoms. The van der Waals surface area contributed by atoms with Crippen molar-refractivity contribution >= 4 is 21.6 Å². The fourth-order valence-electron chi connectivity index (χ4n) is 1.79. The highest BCUT2D eigenvalue weighted by atomic mass is 79.9. The molecule has 0 aliphatic rings. The summed E-state index contributed by atoms with van der Waals surface area (Å²) >= 11 is 3.41. The summed E-state index contributed by atoms with van der Waals surface area (Å²) < 4.78 is 0.813. The van der Waals surface area contributed by atoms with Gasteiger partial charge in [-0.1, -0.05) is 35.8 Å². The van der Waals surface area contributed by atoms with E-state index in [1.165, 1.54) is 0 Å². The third-order valence-electron chi connectivity index (χ3n) is 2.89. The highest BCUT2D eigenvalue weighted by molar-refractivity contribution is 9.10. The van der Waals surface area contributed by atoms with E-state index in [0.29, 0.717) is 6.04 Å². The summed E-state index contributed by atoms with van der Waals surface area (Å²) in [4.78, 5) is 10.3. The Labute approximate surface area is 116 Å². The summed E-state index contributed by atoms with van der Waals surface area (Å²) in [6.45, 7) is 5.29. The average molecular weight is 315 g/mol. The van der Waals surface area contributed by atoms with E-state index >= 15 is 0 Å². The number of hydrogen-bond acceptors (Lipinski definition) is 3. The largest absolute Gasteiger partial charge is 0.314 e. The Morgan fingerprint density at radius 3 is 2.67 bits per heavy atom. The molecule has 0 heterocycles. The van der Waals surface area contributed by atoms with Crippen LogP contribution in [0.25, 0.3) is 0 Å². The fourth-order valence-corrected chi connectivity index (χ4v) is 2.32. The van der Waals surface area contributed by atoms with E-state index in [0.717, 1.165) is 35.8 Å². The Bertz CT molecular complexity index is 410. The number of benzene rings is 1. The maximum Gasteiger partial charge on any atom is 0.270 e. The summed E-state index contributed by atoms with van der Waals surface area (Å²) in [5.41, 5.74) is 1.23.